The zero-order valence-electron chi connectivity index (χ0n) is 10.9. The number of para-hydroxylation sites is 1. The fraction of sp³-hybridized carbons (Fsp3) is 0.286. The van der Waals surface area contributed by atoms with Gasteiger partial charge in [-0.25, -0.2) is 0 Å². The second-order valence-corrected chi connectivity index (χ2v) is 4.64. The summed E-state index contributed by atoms with van der Waals surface area (Å²) in [5, 5.41) is 0.855. The molecule has 2 amide bonds. The summed E-state index contributed by atoms with van der Waals surface area (Å²) >= 11 is 0. The van der Waals surface area contributed by atoms with Crippen LogP contribution in [0.15, 0.2) is 34.7 Å². The summed E-state index contributed by atoms with van der Waals surface area (Å²) < 4.78 is 5.50. The number of nitrogens with zero attached hydrogens (tertiary/aromatic N) is 1. The molecule has 2 N–H and O–H groups in total. The number of amides is 2. The first-order chi connectivity index (χ1) is 8.99. The summed E-state index contributed by atoms with van der Waals surface area (Å²) in [6, 6.07) is 8.91. The SMILES string of the molecule is CC(C)N(CC(N)=O)C(=O)c1cc2ccccc2o1. The number of rotatable bonds is 4. The molecule has 5 nitrogen and oxygen atoms in total. The van der Waals surface area contributed by atoms with E-state index in [9.17, 15) is 9.59 Å². The third-order valence-electron chi connectivity index (χ3n) is 2.85. The van der Waals surface area contributed by atoms with Crippen molar-refractivity contribution in [1.29, 1.82) is 0 Å². The molecule has 0 bridgehead atoms. The van der Waals surface area contributed by atoms with Gasteiger partial charge in [0.1, 0.15) is 5.58 Å². The standard InChI is InChI=1S/C14H16N2O3/c1-9(2)16(8-13(15)17)14(18)12-7-10-5-3-4-6-11(10)19-12/h3-7,9H,8H2,1-2H3,(H2,15,17). The van der Waals surface area contributed by atoms with Crippen molar-refractivity contribution in [3.8, 4) is 0 Å². The van der Waals surface area contributed by atoms with Crippen LogP contribution in [0.3, 0.4) is 0 Å². The average Bonchev–Trinajstić information content (AvgIpc) is 2.78. The predicted molar refractivity (Wildman–Crippen MR) is 71.6 cm³/mol. The van der Waals surface area contributed by atoms with Crippen molar-refractivity contribution < 1.29 is 14.0 Å². The number of carbonyl (C=O) groups is 2. The zero-order chi connectivity index (χ0) is 14.0. The van der Waals surface area contributed by atoms with Gasteiger partial charge in [0.2, 0.25) is 5.91 Å². The van der Waals surface area contributed by atoms with E-state index in [-0.39, 0.29) is 24.3 Å². The molecule has 19 heavy (non-hydrogen) atoms. The molecule has 0 unspecified atom stereocenters. The molecule has 100 valence electrons. The minimum atomic E-state index is -0.543. The van der Waals surface area contributed by atoms with Crippen molar-refractivity contribution in [2.45, 2.75) is 19.9 Å². The van der Waals surface area contributed by atoms with Crippen molar-refractivity contribution in [3.63, 3.8) is 0 Å². The van der Waals surface area contributed by atoms with E-state index in [2.05, 4.69) is 0 Å². The van der Waals surface area contributed by atoms with Gasteiger partial charge in [-0.2, -0.15) is 0 Å². The van der Waals surface area contributed by atoms with Crippen molar-refractivity contribution in [1.82, 2.24) is 4.90 Å². The number of primary amides is 1. The maximum absolute atomic E-state index is 12.3. The van der Waals surface area contributed by atoms with Gasteiger partial charge in [0.15, 0.2) is 5.76 Å². The molecular weight excluding hydrogens is 244 g/mol. The quantitative estimate of drug-likeness (QED) is 0.910. The van der Waals surface area contributed by atoms with Crippen LogP contribution in [0, 0.1) is 0 Å². The van der Waals surface area contributed by atoms with Crippen LogP contribution in [0.2, 0.25) is 0 Å². The smallest absolute Gasteiger partial charge is 0.290 e. The van der Waals surface area contributed by atoms with E-state index in [4.69, 9.17) is 10.2 Å². The average molecular weight is 260 g/mol. The van der Waals surface area contributed by atoms with Gasteiger partial charge in [-0.15, -0.1) is 0 Å². The van der Waals surface area contributed by atoms with Gasteiger partial charge in [0.25, 0.3) is 5.91 Å². The third kappa shape index (κ3) is 2.76. The zero-order valence-corrected chi connectivity index (χ0v) is 10.9. The lowest BCUT2D eigenvalue weighted by Gasteiger charge is -2.24. The highest BCUT2D eigenvalue weighted by Gasteiger charge is 2.23. The lowest BCUT2D eigenvalue weighted by molar-refractivity contribution is -0.119. The molecule has 2 aromatic rings. The Morgan fingerprint density at radius 1 is 1.32 bits per heavy atom. The Morgan fingerprint density at radius 3 is 2.58 bits per heavy atom. The first-order valence-electron chi connectivity index (χ1n) is 6.07. The van der Waals surface area contributed by atoms with Gasteiger partial charge >= 0.3 is 0 Å². The van der Waals surface area contributed by atoms with Gasteiger partial charge in [-0.3, -0.25) is 9.59 Å². The van der Waals surface area contributed by atoms with Gasteiger partial charge < -0.3 is 15.1 Å². The highest BCUT2D eigenvalue weighted by molar-refractivity contribution is 5.97. The van der Waals surface area contributed by atoms with E-state index >= 15 is 0 Å². The maximum atomic E-state index is 12.3. The molecule has 0 saturated heterocycles. The number of benzene rings is 1. The number of hydrogen-bond donors (Lipinski definition) is 1. The molecule has 1 aromatic carbocycles. The van der Waals surface area contributed by atoms with Crippen LogP contribution >= 0.6 is 0 Å². The highest BCUT2D eigenvalue weighted by atomic mass is 16.3. The molecule has 0 spiro atoms. The molecule has 5 heteroatoms. The summed E-state index contributed by atoms with van der Waals surface area (Å²) in [5.74, 6) is -0.653. The van der Waals surface area contributed by atoms with E-state index in [0.29, 0.717) is 5.58 Å². The number of nitrogens with two attached hydrogens (primary N) is 1. The number of carbonyl (C=O) groups excluding carboxylic acids is 2. The molecule has 0 atom stereocenters. The molecule has 0 aliphatic rings. The fourth-order valence-electron chi connectivity index (χ4n) is 1.89. The van der Waals surface area contributed by atoms with Crippen LogP contribution in [0.25, 0.3) is 11.0 Å². The molecule has 1 aromatic heterocycles. The van der Waals surface area contributed by atoms with Gasteiger partial charge in [-0.05, 0) is 26.0 Å². The minimum absolute atomic E-state index is 0.118. The predicted octanol–water partition coefficient (Wildman–Crippen LogP) is 1.77. The first-order valence-corrected chi connectivity index (χ1v) is 6.07. The van der Waals surface area contributed by atoms with E-state index in [1.54, 1.807) is 12.1 Å². The second kappa shape index (κ2) is 5.14. The van der Waals surface area contributed by atoms with Crippen LogP contribution < -0.4 is 5.73 Å². The normalized spacial score (nSPS) is 10.9. The molecule has 0 saturated carbocycles. The third-order valence-corrected chi connectivity index (χ3v) is 2.85. The van der Waals surface area contributed by atoms with Crippen molar-refractivity contribution >= 4 is 22.8 Å². The Morgan fingerprint density at radius 2 is 2.00 bits per heavy atom. The summed E-state index contributed by atoms with van der Waals surface area (Å²) in [4.78, 5) is 24.7. The monoisotopic (exact) mass is 260 g/mol. The lowest BCUT2D eigenvalue weighted by Crippen LogP contribution is -2.42. The minimum Gasteiger partial charge on any atom is -0.451 e. The van der Waals surface area contributed by atoms with E-state index in [1.807, 2.05) is 32.0 Å². The first kappa shape index (κ1) is 13.1. The number of hydrogen-bond acceptors (Lipinski definition) is 3. The summed E-state index contributed by atoms with van der Waals surface area (Å²) in [5.41, 5.74) is 5.81. The molecule has 1 heterocycles. The molecule has 0 aliphatic carbocycles. The summed E-state index contributed by atoms with van der Waals surface area (Å²) in [6.45, 7) is 3.53. The Labute approximate surface area is 111 Å². The summed E-state index contributed by atoms with van der Waals surface area (Å²) in [7, 11) is 0. The Kier molecular flexibility index (Phi) is 3.55. The van der Waals surface area contributed by atoms with Crippen molar-refractivity contribution in [2.75, 3.05) is 6.54 Å². The second-order valence-electron chi connectivity index (χ2n) is 4.64. The Bertz CT molecular complexity index is 583. The maximum Gasteiger partial charge on any atom is 0.290 e. The van der Waals surface area contributed by atoms with Crippen molar-refractivity contribution in [3.05, 3.63) is 36.1 Å². The van der Waals surface area contributed by atoms with E-state index in [0.717, 1.165) is 5.39 Å². The van der Waals surface area contributed by atoms with Crippen LogP contribution in [0.4, 0.5) is 0 Å². The van der Waals surface area contributed by atoms with Crippen LogP contribution in [-0.4, -0.2) is 29.3 Å². The Hall–Kier alpha value is -2.30. The fourth-order valence-corrected chi connectivity index (χ4v) is 1.89. The molecule has 2 rings (SSSR count). The Balaban J connectivity index is 2.32. The molecule has 0 aliphatic heterocycles. The highest BCUT2D eigenvalue weighted by Crippen LogP contribution is 2.20. The van der Waals surface area contributed by atoms with Crippen LogP contribution in [-0.2, 0) is 4.79 Å². The number of fused-ring (bicyclic) bond motifs is 1. The molecular formula is C14H16N2O3. The number of furan rings is 1. The lowest BCUT2D eigenvalue weighted by atomic mass is 10.2. The largest absolute Gasteiger partial charge is 0.451 e. The van der Waals surface area contributed by atoms with Crippen LogP contribution in [0.1, 0.15) is 24.4 Å². The van der Waals surface area contributed by atoms with E-state index < -0.39 is 5.91 Å². The molecule has 0 fully saturated rings. The molecule has 0 radical (unpaired) electrons. The van der Waals surface area contributed by atoms with Gasteiger partial charge in [-0.1, -0.05) is 18.2 Å². The van der Waals surface area contributed by atoms with E-state index in [1.165, 1.54) is 4.90 Å². The van der Waals surface area contributed by atoms with Crippen molar-refractivity contribution in [2.24, 2.45) is 5.73 Å². The summed E-state index contributed by atoms with van der Waals surface area (Å²) in [6.07, 6.45) is 0. The van der Waals surface area contributed by atoms with Crippen LogP contribution in [0.5, 0.6) is 0 Å². The topological polar surface area (TPSA) is 76.5 Å². The van der Waals surface area contributed by atoms with Gasteiger partial charge in [0.05, 0.1) is 6.54 Å². The van der Waals surface area contributed by atoms with Gasteiger partial charge in [0, 0.05) is 11.4 Å².